The fourth-order valence-corrected chi connectivity index (χ4v) is 2.10. The van der Waals surface area contributed by atoms with Gasteiger partial charge in [0.25, 0.3) is 5.56 Å². The molecule has 1 aromatic heterocycles. The Morgan fingerprint density at radius 1 is 1.30 bits per heavy atom. The summed E-state index contributed by atoms with van der Waals surface area (Å²) in [7, 11) is 0. The van der Waals surface area contributed by atoms with E-state index in [1.165, 1.54) is 12.3 Å². The first kappa shape index (κ1) is 16.7. The maximum atomic E-state index is 12.1. The fourth-order valence-electron chi connectivity index (χ4n) is 2.10. The van der Waals surface area contributed by atoms with Gasteiger partial charge in [-0.05, 0) is 17.5 Å². The minimum Gasteiger partial charge on any atom is -0.352 e. The Hall–Kier alpha value is -2.63. The van der Waals surface area contributed by atoms with Crippen molar-refractivity contribution in [2.45, 2.75) is 33.2 Å². The SMILES string of the molecule is CCC(C)CC(=O)Nc1ccccc1CNc1nccc(=O)[nH]1. The largest absolute Gasteiger partial charge is 0.352 e. The topological polar surface area (TPSA) is 86.9 Å². The van der Waals surface area contributed by atoms with Crippen LogP contribution >= 0.6 is 0 Å². The number of para-hydroxylation sites is 1. The van der Waals surface area contributed by atoms with Gasteiger partial charge in [-0.2, -0.15) is 0 Å². The van der Waals surface area contributed by atoms with Crippen molar-refractivity contribution in [1.82, 2.24) is 9.97 Å². The van der Waals surface area contributed by atoms with Gasteiger partial charge in [0, 0.05) is 30.9 Å². The molecule has 2 aromatic rings. The van der Waals surface area contributed by atoms with Gasteiger partial charge in [-0.15, -0.1) is 0 Å². The molecule has 0 saturated carbocycles. The molecule has 1 amide bonds. The molecule has 2 rings (SSSR count). The van der Waals surface area contributed by atoms with Gasteiger partial charge >= 0.3 is 0 Å². The standard InChI is InChI=1S/C17H22N4O2/c1-3-12(2)10-16(23)20-14-7-5-4-6-13(14)11-19-17-18-9-8-15(22)21-17/h4-9,12H,3,10-11H2,1-2H3,(H,20,23)(H2,18,19,21,22). The highest BCUT2D eigenvalue weighted by molar-refractivity contribution is 5.91. The molecule has 0 saturated heterocycles. The molecule has 1 unspecified atom stereocenters. The first-order valence-corrected chi connectivity index (χ1v) is 7.75. The van der Waals surface area contributed by atoms with Crippen LogP contribution in [0.2, 0.25) is 0 Å². The number of carbonyl (C=O) groups is 1. The van der Waals surface area contributed by atoms with E-state index in [0.29, 0.717) is 24.8 Å². The van der Waals surface area contributed by atoms with Crippen LogP contribution in [0.4, 0.5) is 11.6 Å². The van der Waals surface area contributed by atoms with Crippen molar-refractivity contribution in [1.29, 1.82) is 0 Å². The van der Waals surface area contributed by atoms with Crippen LogP contribution in [0, 0.1) is 5.92 Å². The molecular weight excluding hydrogens is 292 g/mol. The molecule has 0 radical (unpaired) electrons. The molecule has 122 valence electrons. The van der Waals surface area contributed by atoms with Crippen LogP contribution < -0.4 is 16.2 Å². The molecule has 0 aliphatic rings. The van der Waals surface area contributed by atoms with E-state index in [4.69, 9.17) is 0 Å². The Kier molecular flexibility index (Phi) is 5.91. The number of rotatable bonds is 7. The van der Waals surface area contributed by atoms with Crippen molar-refractivity contribution in [3.8, 4) is 0 Å². The summed E-state index contributed by atoms with van der Waals surface area (Å²) in [5, 5.41) is 6.00. The number of hydrogen-bond acceptors (Lipinski definition) is 4. The predicted molar refractivity (Wildman–Crippen MR) is 91.3 cm³/mol. The summed E-state index contributed by atoms with van der Waals surface area (Å²) in [6.45, 7) is 4.58. The third-order valence-electron chi connectivity index (χ3n) is 3.64. The van der Waals surface area contributed by atoms with Crippen LogP contribution in [0.15, 0.2) is 41.3 Å². The monoisotopic (exact) mass is 314 g/mol. The van der Waals surface area contributed by atoms with Crippen LogP contribution in [0.25, 0.3) is 0 Å². The van der Waals surface area contributed by atoms with Gasteiger partial charge in [0.05, 0.1) is 0 Å². The first-order chi connectivity index (χ1) is 11.1. The lowest BCUT2D eigenvalue weighted by atomic mass is 10.0. The van der Waals surface area contributed by atoms with Crippen molar-refractivity contribution in [2.75, 3.05) is 10.6 Å². The van der Waals surface area contributed by atoms with E-state index in [0.717, 1.165) is 17.7 Å². The van der Waals surface area contributed by atoms with E-state index in [9.17, 15) is 9.59 Å². The van der Waals surface area contributed by atoms with Crippen LogP contribution in [0.1, 0.15) is 32.3 Å². The number of benzene rings is 1. The molecule has 6 nitrogen and oxygen atoms in total. The number of anilines is 2. The van der Waals surface area contributed by atoms with E-state index in [1.54, 1.807) is 0 Å². The Balaban J connectivity index is 2.02. The number of aromatic amines is 1. The highest BCUT2D eigenvalue weighted by Gasteiger charge is 2.10. The predicted octanol–water partition coefficient (Wildman–Crippen LogP) is 2.76. The average molecular weight is 314 g/mol. The van der Waals surface area contributed by atoms with Gasteiger partial charge < -0.3 is 10.6 Å². The van der Waals surface area contributed by atoms with Gasteiger partial charge in [-0.1, -0.05) is 38.5 Å². The van der Waals surface area contributed by atoms with Crippen molar-refractivity contribution in [3.05, 3.63) is 52.4 Å². The zero-order chi connectivity index (χ0) is 16.7. The molecule has 0 aliphatic heterocycles. The number of hydrogen-bond donors (Lipinski definition) is 3. The zero-order valence-corrected chi connectivity index (χ0v) is 13.4. The van der Waals surface area contributed by atoms with Gasteiger partial charge in [0.1, 0.15) is 0 Å². The number of nitrogens with one attached hydrogen (secondary N) is 3. The molecule has 1 heterocycles. The lowest BCUT2D eigenvalue weighted by Crippen LogP contribution is -2.17. The number of nitrogens with zero attached hydrogens (tertiary/aromatic N) is 1. The minimum atomic E-state index is -0.211. The van der Waals surface area contributed by atoms with E-state index in [1.807, 2.05) is 24.3 Å². The van der Waals surface area contributed by atoms with Crippen LogP contribution in [0.3, 0.4) is 0 Å². The Labute approximate surface area is 135 Å². The van der Waals surface area contributed by atoms with Crippen molar-refractivity contribution >= 4 is 17.5 Å². The highest BCUT2D eigenvalue weighted by atomic mass is 16.1. The number of carbonyl (C=O) groups excluding carboxylic acids is 1. The van der Waals surface area contributed by atoms with E-state index in [-0.39, 0.29) is 11.5 Å². The second kappa shape index (κ2) is 8.12. The third kappa shape index (κ3) is 5.25. The van der Waals surface area contributed by atoms with Crippen molar-refractivity contribution in [2.24, 2.45) is 5.92 Å². The molecule has 0 aliphatic carbocycles. The van der Waals surface area contributed by atoms with E-state index in [2.05, 4.69) is 34.4 Å². The van der Waals surface area contributed by atoms with E-state index >= 15 is 0 Å². The Bertz CT molecular complexity index is 711. The number of H-pyrrole nitrogens is 1. The van der Waals surface area contributed by atoms with Gasteiger partial charge in [0.2, 0.25) is 11.9 Å². The molecule has 1 aromatic carbocycles. The zero-order valence-electron chi connectivity index (χ0n) is 13.4. The highest BCUT2D eigenvalue weighted by Crippen LogP contribution is 2.17. The van der Waals surface area contributed by atoms with Crippen LogP contribution in [-0.2, 0) is 11.3 Å². The maximum Gasteiger partial charge on any atom is 0.252 e. The normalized spacial score (nSPS) is 11.7. The van der Waals surface area contributed by atoms with Crippen LogP contribution in [-0.4, -0.2) is 15.9 Å². The Morgan fingerprint density at radius 2 is 2.09 bits per heavy atom. The molecule has 0 fully saturated rings. The third-order valence-corrected chi connectivity index (χ3v) is 3.64. The summed E-state index contributed by atoms with van der Waals surface area (Å²) in [5.41, 5.74) is 1.49. The minimum absolute atomic E-state index is 0.0121. The lowest BCUT2D eigenvalue weighted by Gasteiger charge is -2.13. The molecule has 1 atom stereocenters. The molecule has 0 bridgehead atoms. The second-order valence-electron chi connectivity index (χ2n) is 5.56. The van der Waals surface area contributed by atoms with Gasteiger partial charge in [0.15, 0.2) is 0 Å². The van der Waals surface area contributed by atoms with E-state index < -0.39 is 0 Å². The summed E-state index contributed by atoms with van der Waals surface area (Å²) in [4.78, 5) is 30.0. The fraction of sp³-hybridized carbons (Fsp3) is 0.353. The quantitative estimate of drug-likeness (QED) is 0.733. The van der Waals surface area contributed by atoms with Gasteiger partial charge in [-0.3, -0.25) is 14.6 Å². The molecule has 0 spiro atoms. The summed E-state index contributed by atoms with van der Waals surface area (Å²) >= 11 is 0. The second-order valence-corrected chi connectivity index (χ2v) is 5.56. The lowest BCUT2D eigenvalue weighted by molar-refractivity contribution is -0.117. The Morgan fingerprint density at radius 3 is 2.83 bits per heavy atom. The smallest absolute Gasteiger partial charge is 0.252 e. The summed E-state index contributed by atoms with van der Waals surface area (Å²) in [6, 6.07) is 8.93. The summed E-state index contributed by atoms with van der Waals surface area (Å²) < 4.78 is 0. The summed E-state index contributed by atoms with van der Waals surface area (Å²) in [6.07, 6.45) is 2.93. The molecule has 23 heavy (non-hydrogen) atoms. The van der Waals surface area contributed by atoms with Gasteiger partial charge in [-0.25, -0.2) is 4.98 Å². The van der Waals surface area contributed by atoms with Crippen LogP contribution in [0.5, 0.6) is 0 Å². The first-order valence-electron chi connectivity index (χ1n) is 7.75. The van der Waals surface area contributed by atoms with Crippen molar-refractivity contribution in [3.63, 3.8) is 0 Å². The molecule has 6 heteroatoms. The molecule has 3 N–H and O–H groups in total. The number of aromatic nitrogens is 2. The molecular formula is C17H22N4O2. The number of amides is 1. The maximum absolute atomic E-state index is 12.1. The average Bonchev–Trinajstić information content (AvgIpc) is 2.54. The van der Waals surface area contributed by atoms with Crippen molar-refractivity contribution < 1.29 is 4.79 Å². The summed E-state index contributed by atoms with van der Waals surface area (Å²) in [5.74, 6) is 0.773.